The van der Waals surface area contributed by atoms with E-state index < -0.39 is 0 Å². The smallest absolute Gasteiger partial charge is 0.161 e. The predicted molar refractivity (Wildman–Crippen MR) is 105 cm³/mol. The number of hydrogen-bond acceptors (Lipinski definition) is 7. The molecule has 1 aromatic carbocycles. The number of anilines is 3. The molecule has 3 N–H and O–H groups in total. The topological polar surface area (TPSA) is 79.5 Å². The van der Waals surface area contributed by atoms with Crippen LogP contribution in [0.3, 0.4) is 0 Å². The Morgan fingerprint density at radius 2 is 2.00 bits per heavy atom. The maximum Gasteiger partial charge on any atom is 0.161 e. The van der Waals surface area contributed by atoms with Crippen molar-refractivity contribution < 1.29 is 4.74 Å². The molecule has 1 atom stereocenters. The number of hydrogen-bond donors (Lipinski definition) is 2. The van der Waals surface area contributed by atoms with Gasteiger partial charge < -0.3 is 25.6 Å². The van der Waals surface area contributed by atoms with Crippen molar-refractivity contribution in [2.75, 3.05) is 61.5 Å². The van der Waals surface area contributed by atoms with Gasteiger partial charge in [0, 0.05) is 50.5 Å². The third-order valence-electron chi connectivity index (χ3n) is 4.97. The summed E-state index contributed by atoms with van der Waals surface area (Å²) >= 11 is 0. The monoisotopic (exact) mass is 354 g/mol. The molecule has 3 heterocycles. The van der Waals surface area contributed by atoms with E-state index in [9.17, 15) is 0 Å². The van der Waals surface area contributed by atoms with Crippen molar-refractivity contribution in [1.29, 1.82) is 0 Å². The normalized spacial score (nSPS) is 21.0. The number of nitrogens with two attached hydrogens (primary N) is 1. The fourth-order valence-corrected chi connectivity index (χ4v) is 3.59. The van der Waals surface area contributed by atoms with Crippen LogP contribution >= 0.6 is 0 Å². The van der Waals surface area contributed by atoms with Crippen LogP contribution in [0.15, 0.2) is 30.5 Å². The highest BCUT2D eigenvalue weighted by Gasteiger charge is 2.19. The minimum absolute atomic E-state index is 0.469. The summed E-state index contributed by atoms with van der Waals surface area (Å²) in [6, 6.07) is 8.57. The SMILES string of the molecule is C[C@H]1CN(c2ccc(-c3nccc(N4CCOCC4)n3)cc2N)CCN1. The maximum absolute atomic E-state index is 6.37. The lowest BCUT2D eigenvalue weighted by Crippen LogP contribution is -2.49. The molecule has 2 aliphatic heterocycles. The Kier molecular flexibility index (Phi) is 4.90. The van der Waals surface area contributed by atoms with E-state index in [-0.39, 0.29) is 0 Å². The molecule has 0 radical (unpaired) electrons. The highest BCUT2D eigenvalue weighted by atomic mass is 16.5. The van der Waals surface area contributed by atoms with Crippen LogP contribution in [-0.2, 0) is 4.74 Å². The zero-order valence-corrected chi connectivity index (χ0v) is 15.2. The zero-order valence-electron chi connectivity index (χ0n) is 15.2. The van der Waals surface area contributed by atoms with E-state index in [4.69, 9.17) is 15.5 Å². The number of morpholine rings is 1. The lowest BCUT2D eigenvalue weighted by molar-refractivity contribution is 0.122. The second-order valence-electron chi connectivity index (χ2n) is 6.91. The van der Waals surface area contributed by atoms with Crippen molar-refractivity contribution in [2.24, 2.45) is 0 Å². The number of nitrogens with zero attached hydrogens (tertiary/aromatic N) is 4. The number of ether oxygens (including phenoxy) is 1. The molecule has 2 aliphatic rings. The number of nitrogens with one attached hydrogen (secondary N) is 1. The van der Waals surface area contributed by atoms with Crippen LogP contribution in [0.4, 0.5) is 17.2 Å². The summed E-state index contributed by atoms with van der Waals surface area (Å²) in [6.45, 7) is 8.31. The van der Waals surface area contributed by atoms with Gasteiger partial charge >= 0.3 is 0 Å². The van der Waals surface area contributed by atoms with Crippen LogP contribution in [0.2, 0.25) is 0 Å². The summed E-state index contributed by atoms with van der Waals surface area (Å²) in [6.07, 6.45) is 1.81. The quantitative estimate of drug-likeness (QED) is 0.806. The van der Waals surface area contributed by atoms with E-state index in [0.29, 0.717) is 11.9 Å². The first-order valence-electron chi connectivity index (χ1n) is 9.25. The van der Waals surface area contributed by atoms with E-state index in [0.717, 1.165) is 68.7 Å². The first kappa shape index (κ1) is 17.1. The van der Waals surface area contributed by atoms with Crippen molar-refractivity contribution in [3.05, 3.63) is 30.5 Å². The lowest BCUT2D eigenvalue weighted by atomic mass is 10.1. The summed E-state index contributed by atoms with van der Waals surface area (Å²) in [5.41, 5.74) is 9.18. The molecule has 0 unspecified atom stereocenters. The standard InChI is InChI=1S/C19H26N6O/c1-14-13-25(7-6-21-14)17-3-2-15(12-16(17)20)19-22-5-4-18(23-19)24-8-10-26-11-9-24/h2-5,12,14,21H,6-11,13,20H2,1H3/t14-/m0/s1. The van der Waals surface area contributed by atoms with Gasteiger partial charge in [-0.05, 0) is 31.2 Å². The Labute approximate surface area is 154 Å². The summed E-state index contributed by atoms with van der Waals surface area (Å²) < 4.78 is 5.42. The summed E-state index contributed by atoms with van der Waals surface area (Å²) in [4.78, 5) is 13.8. The Hall–Kier alpha value is -2.38. The highest BCUT2D eigenvalue weighted by molar-refractivity contribution is 5.75. The average Bonchev–Trinajstić information content (AvgIpc) is 2.69. The van der Waals surface area contributed by atoms with Crippen LogP contribution in [0.25, 0.3) is 11.4 Å². The molecule has 7 nitrogen and oxygen atoms in total. The molecule has 0 spiro atoms. The molecule has 138 valence electrons. The Morgan fingerprint density at radius 1 is 1.15 bits per heavy atom. The van der Waals surface area contributed by atoms with Gasteiger partial charge in [-0.2, -0.15) is 0 Å². The second kappa shape index (κ2) is 7.47. The first-order chi connectivity index (χ1) is 12.7. The van der Waals surface area contributed by atoms with Gasteiger partial charge in [-0.1, -0.05) is 0 Å². The molecule has 26 heavy (non-hydrogen) atoms. The molecule has 2 aromatic rings. The lowest BCUT2D eigenvalue weighted by Gasteiger charge is -2.34. The molecule has 7 heteroatoms. The number of piperazine rings is 1. The van der Waals surface area contributed by atoms with Crippen LogP contribution < -0.4 is 20.9 Å². The van der Waals surface area contributed by atoms with Crippen molar-refractivity contribution in [2.45, 2.75) is 13.0 Å². The van der Waals surface area contributed by atoms with Gasteiger partial charge in [-0.3, -0.25) is 0 Å². The Morgan fingerprint density at radius 3 is 2.77 bits per heavy atom. The Balaban J connectivity index is 1.57. The molecule has 0 saturated carbocycles. The van der Waals surface area contributed by atoms with E-state index >= 15 is 0 Å². The van der Waals surface area contributed by atoms with Gasteiger partial charge in [0.15, 0.2) is 5.82 Å². The zero-order chi connectivity index (χ0) is 17.9. The van der Waals surface area contributed by atoms with Gasteiger partial charge in [0.2, 0.25) is 0 Å². The molecule has 0 bridgehead atoms. The largest absolute Gasteiger partial charge is 0.397 e. The van der Waals surface area contributed by atoms with Gasteiger partial charge in [0.05, 0.1) is 24.6 Å². The second-order valence-corrected chi connectivity index (χ2v) is 6.91. The van der Waals surface area contributed by atoms with Gasteiger partial charge in [-0.25, -0.2) is 9.97 Å². The predicted octanol–water partition coefficient (Wildman–Crippen LogP) is 1.36. The third-order valence-corrected chi connectivity index (χ3v) is 4.97. The van der Waals surface area contributed by atoms with Crippen LogP contribution in [0.5, 0.6) is 0 Å². The van der Waals surface area contributed by atoms with E-state index in [1.807, 2.05) is 18.3 Å². The fourth-order valence-electron chi connectivity index (χ4n) is 3.59. The van der Waals surface area contributed by atoms with E-state index in [2.05, 4.69) is 39.2 Å². The van der Waals surface area contributed by atoms with Crippen molar-refractivity contribution in [1.82, 2.24) is 15.3 Å². The minimum atomic E-state index is 0.469. The van der Waals surface area contributed by atoms with Gasteiger partial charge in [-0.15, -0.1) is 0 Å². The molecule has 0 amide bonds. The average molecular weight is 354 g/mol. The van der Waals surface area contributed by atoms with Crippen molar-refractivity contribution in [3.63, 3.8) is 0 Å². The molecule has 2 saturated heterocycles. The number of benzene rings is 1. The van der Waals surface area contributed by atoms with Gasteiger partial charge in [0.25, 0.3) is 0 Å². The number of rotatable bonds is 3. The molecule has 1 aromatic heterocycles. The fraction of sp³-hybridized carbons (Fsp3) is 0.474. The number of aromatic nitrogens is 2. The third kappa shape index (κ3) is 3.59. The molecular formula is C19H26N6O. The van der Waals surface area contributed by atoms with Gasteiger partial charge in [0.1, 0.15) is 5.82 Å². The van der Waals surface area contributed by atoms with Crippen LogP contribution in [-0.4, -0.2) is 61.9 Å². The van der Waals surface area contributed by atoms with Crippen molar-refractivity contribution in [3.8, 4) is 11.4 Å². The number of nitrogen functional groups attached to an aromatic ring is 1. The summed E-state index contributed by atoms with van der Waals surface area (Å²) in [5.74, 6) is 1.65. The first-order valence-corrected chi connectivity index (χ1v) is 9.25. The van der Waals surface area contributed by atoms with E-state index in [1.54, 1.807) is 0 Å². The molecular weight excluding hydrogens is 328 g/mol. The van der Waals surface area contributed by atoms with Crippen LogP contribution in [0, 0.1) is 0 Å². The molecule has 4 rings (SSSR count). The summed E-state index contributed by atoms with van der Waals surface area (Å²) in [7, 11) is 0. The maximum atomic E-state index is 6.37. The van der Waals surface area contributed by atoms with Crippen molar-refractivity contribution >= 4 is 17.2 Å². The Bertz CT molecular complexity index is 761. The van der Waals surface area contributed by atoms with E-state index in [1.165, 1.54) is 0 Å². The highest BCUT2D eigenvalue weighted by Crippen LogP contribution is 2.29. The minimum Gasteiger partial charge on any atom is -0.397 e. The summed E-state index contributed by atoms with van der Waals surface area (Å²) in [5, 5.41) is 3.46. The van der Waals surface area contributed by atoms with Crippen LogP contribution in [0.1, 0.15) is 6.92 Å². The molecule has 0 aliphatic carbocycles. The molecule has 2 fully saturated rings.